The summed E-state index contributed by atoms with van der Waals surface area (Å²) in [5.74, 6) is 0. The molecule has 0 radical (unpaired) electrons. The third-order valence-electron chi connectivity index (χ3n) is 6.28. The number of hydrogen-bond acceptors (Lipinski definition) is 2. The predicted molar refractivity (Wildman–Crippen MR) is 113 cm³/mol. The van der Waals surface area contributed by atoms with E-state index < -0.39 is 0 Å². The number of nitrogens with one attached hydrogen (secondary N) is 2. The van der Waals surface area contributed by atoms with Crippen molar-refractivity contribution in [1.82, 2.24) is 0 Å². The molecule has 0 aromatic heterocycles. The van der Waals surface area contributed by atoms with Gasteiger partial charge in [-0.05, 0) is 36.1 Å². The highest BCUT2D eigenvalue weighted by molar-refractivity contribution is 5.31. The van der Waals surface area contributed by atoms with Crippen molar-refractivity contribution >= 4 is 0 Å². The van der Waals surface area contributed by atoms with Crippen molar-refractivity contribution in [1.29, 1.82) is 0 Å². The van der Waals surface area contributed by atoms with Crippen LogP contribution in [-0.4, -0.2) is 51.5 Å². The van der Waals surface area contributed by atoms with Gasteiger partial charge >= 0.3 is 0 Å². The van der Waals surface area contributed by atoms with Crippen molar-refractivity contribution in [3.05, 3.63) is 70.8 Å². The molecule has 1 aliphatic rings. The maximum Gasteiger partial charge on any atom is 0.131 e. The minimum absolute atomic E-state index is 0. The number of rotatable bonds is 8. The molecule has 4 nitrogen and oxygen atoms in total. The van der Waals surface area contributed by atoms with Crippen molar-refractivity contribution in [3.63, 3.8) is 0 Å². The molecule has 2 aromatic rings. The Morgan fingerprint density at radius 1 is 0.867 bits per heavy atom. The van der Waals surface area contributed by atoms with Crippen LogP contribution in [0, 0.1) is 13.8 Å². The second kappa shape index (κ2) is 13.3. The van der Waals surface area contributed by atoms with Crippen molar-refractivity contribution in [2.75, 3.05) is 46.4 Å². The number of aliphatic hydroxyl groups is 1. The fourth-order valence-electron chi connectivity index (χ4n) is 4.16. The molecule has 1 saturated heterocycles. The molecule has 0 saturated carbocycles. The monoisotopic (exact) mass is 454 g/mol. The van der Waals surface area contributed by atoms with E-state index in [9.17, 15) is 5.11 Å². The first kappa shape index (κ1) is 26.9. The quantitative estimate of drug-likeness (QED) is 0.373. The Morgan fingerprint density at radius 2 is 1.50 bits per heavy atom. The van der Waals surface area contributed by atoms with Gasteiger partial charge in [0.1, 0.15) is 38.8 Å². The van der Waals surface area contributed by atoms with Crippen LogP contribution in [0.3, 0.4) is 0 Å². The van der Waals surface area contributed by atoms with E-state index in [4.69, 9.17) is 4.74 Å². The Kier molecular flexibility index (Phi) is 11.9. The summed E-state index contributed by atoms with van der Waals surface area (Å²) in [6.07, 6.45) is 0.648. The van der Waals surface area contributed by atoms with Gasteiger partial charge in [0.2, 0.25) is 0 Å². The molecule has 0 aliphatic carbocycles. The van der Waals surface area contributed by atoms with Crippen LogP contribution in [0.25, 0.3) is 0 Å². The normalized spacial score (nSPS) is 20.5. The second-order valence-corrected chi connectivity index (χ2v) is 8.24. The number of hydrogen-bond donors (Lipinski definition) is 3. The molecule has 1 fully saturated rings. The lowest BCUT2D eigenvalue weighted by molar-refractivity contribution is -1.01. The maximum atomic E-state index is 10.6. The first-order valence-corrected chi connectivity index (χ1v) is 10.6. The van der Waals surface area contributed by atoms with Gasteiger partial charge in [-0.3, -0.25) is 0 Å². The van der Waals surface area contributed by atoms with Gasteiger partial charge in [-0.2, -0.15) is 0 Å². The fourth-order valence-corrected chi connectivity index (χ4v) is 4.16. The number of aryl methyl sites for hydroxylation is 2. The van der Waals surface area contributed by atoms with Crippen molar-refractivity contribution in [2.45, 2.75) is 32.5 Å². The van der Waals surface area contributed by atoms with E-state index in [1.165, 1.54) is 42.9 Å². The molecule has 2 unspecified atom stereocenters. The molecule has 2 atom stereocenters. The fraction of sp³-hybridized carbons (Fsp3) is 0.500. The van der Waals surface area contributed by atoms with E-state index in [2.05, 4.69) is 62.4 Å². The highest BCUT2D eigenvalue weighted by atomic mass is 35.5. The van der Waals surface area contributed by atoms with Crippen LogP contribution in [0.4, 0.5) is 0 Å². The Hall–Kier alpha value is -1.14. The summed E-state index contributed by atoms with van der Waals surface area (Å²) in [5, 5.41) is 10.6. The van der Waals surface area contributed by atoms with Gasteiger partial charge in [0, 0.05) is 13.5 Å². The van der Waals surface area contributed by atoms with Crippen molar-refractivity contribution in [3.8, 4) is 0 Å². The van der Waals surface area contributed by atoms with Gasteiger partial charge in [-0.1, -0.05) is 48.5 Å². The molecule has 30 heavy (non-hydrogen) atoms. The Bertz CT molecular complexity index is 737. The number of piperazine rings is 1. The van der Waals surface area contributed by atoms with Crippen LogP contribution in [0.2, 0.25) is 0 Å². The van der Waals surface area contributed by atoms with Crippen LogP contribution >= 0.6 is 0 Å². The number of halogens is 2. The summed E-state index contributed by atoms with van der Waals surface area (Å²) in [6, 6.07) is 16.8. The highest BCUT2D eigenvalue weighted by Crippen LogP contribution is 2.19. The number of methoxy groups -OCH3 is 1. The van der Waals surface area contributed by atoms with Crippen molar-refractivity contribution in [2.24, 2.45) is 0 Å². The third kappa shape index (κ3) is 7.52. The van der Waals surface area contributed by atoms with Crippen LogP contribution in [0.15, 0.2) is 48.5 Å². The summed E-state index contributed by atoms with van der Waals surface area (Å²) in [7, 11) is 1.81. The Labute approximate surface area is 194 Å². The average molecular weight is 455 g/mol. The number of ether oxygens (including phenoxy) is 1. The second-order valence-electron chi connectivity index (χ2n) is 8.24. The van der Waals surface area contributed by atoms with E-state index in [0.717, 1.165) is 25.1 Å². The lowest BCUT2D eigenvalue weighted by atomic mass is 10.0. The van der Waals surface area contributed by atoms with E-state index in [-0.39, 0.29) is 37.0 Å². The predicted octanol–water partition coefficient (Wildman–Crippen LogP) is -5.09. The standard InChI is InChI=1S/C24H34N2O2.2ClH/c1-19-9-10-22(17-20(19)2)23(27)11-12-25-13-15-26(16-14-25)18-24(28-3)21-7-5-4-6-8-21;;/h4-10,17,23-24,27H,11-16,18H2,1-3H3;2*1H. The van der Waals surface area contributed by atoms with Gasteiger partial charge in [0.25, 0.3) is 0 Å². The van der Waals surface area contributed by atoms with Gasteiger partial charge in [0.05, 0.1) is 12.6 Å². The van der Waals surface area contributed by atoms with E-state index in [1.807, 2.05) is 7.11 Å². The third-order valence-corrected chi connectivity index (χ3v) is 6.28. The minimum Gasteiger partial charge on any atom is -1.00 e. The zero-order valence-electron chi connectivity index (χ0n) is 18.3. The lowest BCUT2D eigenvalue weighted by Crippen LogP contribution is -3.28. The molecule has 2 aromatic carbocycles. The van der Waals surface area contributed by atoms with Crippen LogP contribution in [0.1, 0.15) is 40.9 Å². The van der Waals surface area contributed by atoms with Crippen LogP contribution in [-0.2, 0) is 4.74 Å². The highest BCUT2D eigenvalue weighted by Gasteiger charge is 2.26. The molecule has 1 aliphatic heterocycles. The van der Waals surface area contributed by atoms with Gasteiger partial charge < -0.3 is 44.5 Å². The Morgan fingerprint density at radius 3 is 2.10 bits per heavy atom. The summed E-state index contributed by atoms with van der Waals surface area (Å²) >= 11 is 0. The van der Waals surface area contributed by atoms with Crippen LogP contribution < -0.4 is 34.6 Å². The molecule has 1 heterocycles. The molecular weight excluding hydrogens is 419 g/mol. The summed E-state index contributed by atoms with van der Waals surface area (Å²) in [4.78, 5) is 3.23. The zero-order valence-corrected chi connectivity index (χ0v) is 19.8. The number of quaternary nitrogens is 2. The molecule has 168 valence electrons. The lowest BCUT2D eigenvalue weighted by Gasteiger charge is -2.32. The first-order valence-electron chi connectivity index (χ1n) is 10.6. The maximum absolute atomic E-state index is 10.6. The summed E-state index contributed by atoms with van der Waals surface area (Å²) in [6.45, 7) is 11.0. The molecule has 6 heteroatoms. The summed E-state index contributed by atoms with van der Waals surface area (Å²) in [5.41, 5.74) is 4.86. The smallest absolute Gasteiger partial charge is 0.131 e. The number of aliphatic hydroxyl groups excluding tert-OH is 1. The van der Waals surface area contributed by atoms with Gasteiger partial charge in [-0.15, -0.1) is 0 Å². The molecule has 3 N–H and O–H groups in total. The van der Waals surface area contributed by atoms with Gasteiger partial charge in [0.15, 0.2) is 0 Å². The minimum atomic E-state index is -0.354. The van der Waals surface area contributed by atoms with E-state index in [1.54, 1.807) is 9.80 Å². The topological polar surface area (TPSA) is 38.3 Å². The molecule has 0 amide bonds. The first-order chi connectivity index (χ1) is 13.6. The van der Waals surface area contributed by atoms with E-state index in [0.29, 0.717) is 0 Å². The largest absolute Gasteiger partial charge is 1.00 e. The number of benzene rings is 2. The van der Waals surface area contributed by atoms with Gasteiger partial charge in [-0.25, -0.2) is 0 Å². The Balaban J connectivity index is 0.00000225. The molecule has 0 spiro atoms. The zero-order chi connectivity index (χ0) is 19.9. The SMILES string of the molecule is COC(C[NH+]1CC[NH+](CCC(O)c2ccc(C)c(C)c2)CC1)c1ccccc1.[Cl-].[Cl-]. The molecule has 3 rings (SSSR count). The summed E-state index contributed by atoms with van der Waals surface area (Å²) < 4.78 is 5.75. The van der Waals surface area contributed by atoms with Crippen molar-refractivity contribution < 1.29 is 44.5 Å². The molecule has 0 bridgehead atoms. The van der Waals surface area contributed by atoms with Crippen LogP contribution in [0.5, 0.6) is 0 Å². The molecular formula is C24H36Cl2N2O2. The van der Waals surface area contributed by atoms with E-state index >= 15 is 0 Å². The average Bonchev–Trinajstić information content (AvgIpc) is 2.73.